The second-order valence-corrected chi connectivity index (χ2v) is 21.7. The fourth-order valence-electron chi connectivity index (χ4n) is 10.3. The van der Waals surface area contributed by atoms with Gasteiger partial charge >= 0.3 is 0 Å². The molecule has 0 unspecified atom stereocenters. The number of ether oxygens (including phenoxy) is 1. The van der Waals surface area contributed by atoms with Gasteiger partial charge in [0.2, 0.25) is 41.3 Å². The van der Waals surface area contributed by atoms with E-state index < -0.39 is 152 Å². The number of unbranched alkanes of at least 4 members (excludes halogenated alkanes) is 4. The first-order valence-electron chi connectivity index (χ1n) is 28.0. The second-order valence-electron chi connectivity index (χ2n) is 21.7. The summed E-state index contributed by atoms with van der Waals surface area (Å²) in [4.78, 5) is 111. The minimum atomic E-state index is -2.30. The van der Waals surface area contributed by atoms with Crippen LogP contribution in [0.3, 0.4) is 0 Å². The number of aromatic nitrogens is 2. The van der Waals surface area contributed by atoms with Crippen LogP contribution in [-0.2, 0) is 28.8 Å². The third-order valence-corrected chi connectivity index (χ3v) is 15.2. The third-order valence-electron chi connectivity index (χ3n) is 15.2. The number of fused-ring (bicyclic) bond motifs is 2. The molecule has 454 valence electrons. The van der Waals surface area contributed by atoms with Crippen LogP contribution in [0.1, 0.15) is 94.7 Å². The van der Waals surface area contributed by atoms with Crippen molar-refractivity contribution in [1.29, 1.82) is 0 Å². The number of aromatic hydroxyl groups is 1. The number of nitrogens with one attached hydrogen (secondary N) is 5. The molecular formula is C58H75N9O17. The number of hydrogen-bond donors (Lipinski definition) is 14. The number of pyridine rings is 2. The van der Waals surface area contributed by atoms with E-state index in [4.69, 9.17) is 4.74 Å². The number of rotatable bonds is 16. The predicted molar refractivity (Wildman–Crippen MR) is 298 cm³/mol. The van der Waals surface area contributed by atoms with Crippen LogP contribution >= 0.6 is 0 Å². The number of phenols is 1. The Morgan fingerprint density at radius 1 is 0.667 bits per heavy atom. The van der Waals surface area contributed by atoms with Crippen LogP contribution in [0.25, 0.3) is 22.4 Å². The average Bonchev–Trinajstić information content (AvgIpc) is 3.26. The van der Waals surface area contributed by atoms with Gasteiger partial charge in [0.1, 0.15) is 60.3 Å². The number of hydrogen-bond acceptors (Lipinski definition) is 19. The molecule has 7 amide bonds. The van der Waals surface area contributed by atoms with E-state index in [1.165, 1.54) is 37.6 Å². The minimum Gasteiger partial charge on any atom is -0.508 e. The van der Waals surface area contributed by atoms with Crippen molar-refractivity contribution in [3.63, 3.8) is 0 Å². The largest absolute Gasteiger partial charge is 0.508 e. The first kappa shape index (κ1) is 63.9. The molecule has 5 heterocycles. The molecule has 2 aromatic heterocycles. The summed E-state index contributed by atoms with van der Waals surface area (Å²) >= 11 is 0. The Bertz CT molecular complexity index is 2920. The van der Waals surface area contributed by atoms with Gasteiger partial charge in [0.05, 0.1) is 36.7 Å². The summed E-state index contributed by atoms with van der Waals surface area (Å²) in [6.07, 6.45) is -8.00. The summed E-state index contributed by atoms with van der Waals surface area (Å²) in [5.41, 5.74) is 2.61. The summed E-state index contributed by atoms with van der Waals surface area (Å²) in [6.45, 7) is 5.41. The Balaban J connectivity index is 1.16. The van der Waals surface area contributed by atoms with Crippen LogP contribution < -0.4 is 31.3 Å². The van der Waals surface area contributed by atoms with Crippen molar-refractivity contribution in [3.8, 4) is 34.0 Å². The van der Waals surface area contributed by atoms with Crippen LogP contribution in [0.15, 0.2) is 85.2 Å². The lowest BCUT2D eigenvalue weighted by Gasteiger charge is -2.34. The summed E-state index contributed by atoms with van der Waals surface area (Å²) in [7, 11) is 0. The number of nitrogens with zero attached hydrogens (tertiary/aromatic N) is 4. The maximum absolute atomic E-state index is 14.5. The molecule has 2 aromatic carbocycles. The smallest absolute Gasteiger partial charge is 0.251 e. The lowest BCUT2D eigenvalue weighted by Crippen LogP contribution is -2.64. The monoisotopic (exact) mass is 1170 g/mol. The maximum atomic E-state index is 14.5. The highest BCUT2D eigenvalue weighted by molar-refractivity contribution is 6.00. The van der Waals surface area contributed by atoms with E-state index in [-0.39, 0.29) is 23.4 Å². The Morgan fingerprint density at radius 3 is 1.89 bits per heavy atom. The zero-order valence-corrected chi connectivity index (χ0v) is 46.9. The molecule has 0 aliphatic carbocycles. The number of aliphatic hydroxyl groups excluding tert-OH is 8. The predicted octanol–water partition coefficient (Wildman–Crippen LogP) is -1.36. The van der Waals surface area contributed by atoms with Crippen molar-refractivity contribution in [1.82, 2.24) is 46.4 Å². The number of phenolic OH excluding ortho intramolecular Hbond substituents is 1. The maximum Gasteiger partial charge on any atom is 0.251 e. The Hall–Kier alpha value is -7.69. The highest BCUT2D eigenvalue weighted by atomic mass is 16.5. The van der Waals surface area contributed by atoms with E-state index in [0.717, 1.165) is 67.0 Å². The van der Waals surface area contributed by atoms with Crippen LogP contribution in [0.4, 0.5) is 0 Å². The molecule has 3 saturated heterocycles. The topological polar surface area (TPSA) is 403 Å². The quantitative estimate of drug-likeness (QED) is 0.0576. The molecular weight excluding hydrogens is 1090 g/mol. The lowest BCUT2D eigenvalue weighted by atomic mass is 9.96. The molecule has 15 atom stereocenters. The van der Waals surface area contributed by atoms with Crippen molar-refractivity contribution in [2.24, 2.45) is 5.92 Å². The minimum absolute atomic E-state index is 0.0178. The molecule has 4 aromatic rings. The van der Waals surface area contributed by atoms with Gasteiger partial charge in [-0.2, -0.15) is 0 Å². The number of carbonyl (C=O) groups excluding carboxylic acids is 7. The third kappa shape index (κ3) is 15.5. The van der Waals surface area contributed by atoms with E-state index in [1.807, 2.05) is 12.1 Å². The summed E-state index contributed by atoms with van der Waals surface area (Å²) in [5, 5.41) is 111. The molecule has 84 heavy (non-hydrogen) atoms. The molecule has 0 spiro atoms. The molecule has 3 aliphatic heterocycles. The van der Waals surface area contributed by atoms with Gasteiger partial charge in [-0.25, -0.2) is 4.98 Å². The van der Waals surface area contributed by atoms with Gasteiger partial charge < -0.3 is 87.1 Å². The van der Waals surface area contributed by atoms with Gasteiger partial charge in [-0.15, -0.1) is 0 Å². The molecule has 14 N–H and O–H groups in total. The Morgan fingerprint density at radius 2 is 1.27 bits per heavy atom. The van der Waals surface area contributed by atoms with Crippen molar-refractivity contribution >= 4 is 41.4 Å². The molecule has 7 rings (SSSR count). The fraction of sp³-hybridized carbons (Fsp3) is 0.500. The van der Waals surface area contributed by atoms with E-state index in [9.17, 15) is 79.5 Å². The molecule has 0 radical (unpaired) electrons. The van der Waals surface area contributed by atoms with Crippen molar-refractivity contribution in [2.45, 2.75) is 158 Å². The van der Waals surface area contributed by atoms with Crippen molar-refractivity contribution in [3.05, 3.63) is 96.3 Å². The van der Waals surface area contributed by atoms with Gasteiger partial charge in [-0.05, 0) is 67.8 Å². The Kier molecular flexibility index (Phi) is 21.8. The zero-order chi connectivity index (χ0) is 61.1. The van der Waals surface area contributed by atoms with Crippen LogP contribution in [0.2, 0.25) is 0 Å². The highest BCUT2D eigenvalue weighted by Gasteiger charge is 2.50. The van der Waals surface area contributed by atoms with E-state index in [2.05, 4.69) is 43.5 Å². The van der Waals surface area contributed by atoms with E-state index >= 15 is 0 Å². The standard InChI is InChI=1S/C58H75N9O17/c1-5-6-7-8-9-22-84-43-21-17-36(26-60-43)39-20-16-35(25-59-39)32-10-12-34(13-11-32)51(76)61-40-24-42(72)54(79)65-56(81)47-48(73)29(2)27-67(47)58(83)45(31(4)69)63-55(80)46(50(75)49(74)33-14-18-37(70)19-15-33)64-53(78)41-23-38(71)28-66(41)57(82)44(30(3)68)62-52(40)77/h10-21,25-26,29-31,38,40-42,44-50,54,68-75,79H,5-9,22-24,27-28H2,1-4H3,(H,61,76)(H,62,77)(H,63,80)(H,64,78)(H,65,81)/t29-,30+,31+,38+,40-,41-,42+,44-,45-,46-,47-,48-,49-,50-,54-/m0/s1. The SMILES string of the molecule is CCCCCCCOc1ccc(-c2ccc(-c3ccc(C(=O)N[C@H]4C[C@@H](O)[C@H](O)NC(=O)[C@@H]5[C@@H](O)[C@@H](C)CN5C(=O)[C@H]([C@@H](C)O)NC(=O)[C@H]([C@H](O)[C@@H](O)c5ccc(O)cc5)NC(=O)[C@@H]5C[C@@H](O)CN5C(=O)[C@H]([C@@H](C)O)NC4=O)cc3)cn2)cn1. The van der Waals surface area contributed by atoms with Crippen molar-refractivity contribution in [2.75, 3.05) is 19.7 Å². The first-order valence-corrected chi connectivity index (χ1v) is 28.0. The summed E-state index contributed by atoms with van der Waals surface area (Å²) in [6, 6.07) is 6.30. The fourth-order valence-corrected chi connectivity index (χ4v) is 10.3. The first-order chi connectivity index (χ1) is 40.0. The molecule has 0 saturated carbocycles. The van der Waals surface area contributed by atoms with Gasteiger partial charge in [0, 0.05) is 67.0 Å². The van der Waals surface area contributed by atoms with Crippen LogP contribution in [-0.4, -0.2) is 206 Å². The van der Waals surface area contributed by atoms with Crippen molar-refractivity contribution < 1.29 is 84.3 Å². The van der Waals surface area contributed by atoms with Crippen LogP contribution in [0.5, 0.6) is 11.6 Å². The number of amides is 7. The van der Waals surface area contributed by atoms with Gasteiger partial charge in [-0.3, -0.25) is 38.5 Å². The molecule has 26 nitrogen and oxygen atoms in total. The lowest BCUT2D eigenvalue weighted by molar-refractivity contribution is -0.148. The number of benzene rings is 2. The zero-order valence-electron chi connectivity index (χ0n) is 46.9. The van der Waals surface area contributed by atoms with Gasteiger partial charge in [0.25, 0.3) is 5.91 Å². The molecule has 3 aliphatic rings. The molecule has 3 fully saturated rings. The van der Waals surface area contributed by atoms with Gasteiger partial charge in [0.15, 0.2) is 6.23 Å². The summed E-state index contributed by atoms with van der Waals surface area (Å²) in [5.74, 6) is -9.01. The number of carbonyl (C=O) groups is 7. The van der Waals surface area contributed by atoms with E-state index in [1.54, 1.807) is 36.7 Å². The van der Waals surface area contributed by atoms with Crippen LogP contribution in [0, 0.1) is 5.92 Å². The average molecular weight is 1170 g/mol. The summed E-state index contributed by atoms with van der Waals surface area (Å²) < 4.78 is 5.79. The Labute approximate surface area is 484 Å². The van der Waals surface area contributed by atoms with Gasteiger partial charge in [-0.1, -0.05) is 69.9 Å². The molecule has 0 bridgehead atoms. The number of aliphatic hydroxyl groups is 8. The second kappa shape index (κ2) is 28.7. The highest BCUT2D eigenvalue weighted by Crippen LogP contribution is 2.29. The normalized spacial score (nSPS) is 27.2. The van der Waals surface area contributed by atoms with E-state index in [0.29, 0.717) is 29.3 Å². The molecule has 26 heteroatoms.